The van der Waals surface area contributed by atoms with E-state index in [0.29, 0.717) is 22.8 Å². The van der Waals surface area contributed by atoms with Crippen LogP contribution in [-0.4, -0.2) is 32.8 Å². The summed E-state index contributed by atoms with van der Waals surface area (Å²) in [5.41, 5.74) is 0.763. The molecular weight excluding hydrogens is 360 g/mol. The standard InChI is InChI=1S/C18H21ClN2O3S/c1-3-4-13-21(2)18(22)14-9-11-15(12-10-14)25(23,24)20-17-8-6-5-7-16(17)19/h5-12,20H,3-4,13H2,1-2H3. The predicted molar refractivity (Wildman–Crippen MR) is 101 cm³/mol. The molecule has 134 valence electrons. The Morgan fingerprint density at radius 3 is 2.36 bits per heavy atom. The van der Waals surface area contributed by atoms with Crippen LogP contribution in [0.5, 0.6) is 0 Å². The summed E-state index contributed by atoms with van der Waals surface area (Å²) in [6, 6.07) is 12.5. The molecule has 0 unspecified atom stereocenters. The molecule has 0 saturated carbocycles. The number of halogens is 1. The van der Waals surface area contributed by atoms with Gasteiger partial charge >= 0.3 is 0 Å². The molecule has 0 atom stereocenters. The Labute approximate surface area is 153 Å². The van der Waals surface area contributed by atoms with Crippen molar-refractivity contribution in [3.63, 3.8) is 0 Å². The molecule has 25 heavy (non-hydrogen) atoms. The Bertz CT molecular complexity index is 836. The largest absolute Gasteiger partial charge is 0.342 e. The van der Waals surface area contributed by atoms with E-state index in [4.69, 9.17) is 11.6 Å². The van der Waals surface area contributed by atoms with Crippen molar-refractivity contribution in [1.29, 1.82) is 0 Å². The highest BCUT2D eigenvalue weighted by molar-refractivity contribution is 7.92. The van der Waals surface area contributed by atoms with Crippen LogP contribution in [0.3, 0.4) is 0 Å². The minimum absolute atomic E-state index is 0.0696. The lowest BCUT2D eigenvalue weighted by atomic mass is 10.2. The second-order valence-electron chi connectivity index (χ2n) is 5.69. The second kappa shape index (κ2) is 8.36. The summed E-state index contributed by atoms with van der Waals surface area (Å²) < 4.78 is 27.3. The van der Waals surface area contributed by atoms with Crippen molar-refractivity contribution in [1.82, 2.24) is 4.90 Å². The maximum absolute atomic E-state index is 12.4. The average molecular weight is 381 g/mol. The molecule has 0 fully saturated rings. The predicted octanol–water partition coefficient (Wildman–Crippen LogP) is 4.01. The number of para-hydroxylation sites is 1. The first kappa shape index (κ1) is 19.3. The van der Waals surface area contributed by atoms with Crippen molar-refractivity contribution in [2.24, 2.45) is 0 Å². The highest BCUT2D eigenvalue weighted by atomic mass is 35.5. The van der Waals surface area contributed by atoms with Gasteiger partial charge in [0.15, 0.2) is 0 Å². The van der Waals surface area contributed by atoms with Crippen LogP contribution in [0.1, 0.15) is 30.1 Å². The van der Waals surface area contributed by atoms with Crippen LogP contribution in [0.15, 0.2) is 53.4 Å². The molecule has 1 N–H and O–H groups in total. The summed E-state index contributed by atoms with van der Waals surface area (Å²) in [5.74, 6) is -0.128. The third-order valence-corrected chi connectivity index (χ3v) is 5.43. The number of sulfonamides is 1. The highest BCUT2D eigenvalue weighted by Crippen LogP contribution is 2.24. The van der Waals surface area contributed by atoms with Gasteiger partial charge in [-0.25, -0.2) is 8.42 Å². The molecule has 0 radical (unpaired) electrons. The fourth-order valence-corrected chi connectivity index (χ4v) is 3.56. The third-order valence-electron chi connectivity index (χ3n) is 3.72. The zero-order valence-corrected chi connectivity index (χ0v) is 15.8. The lowest BCUT2D eigenvalue weighted by Crippen LogP contribution is -2.27. The van der Waals surface area contributed by atoms with Gasteiger partial charge in [0, 0.05) is 19.2 Å². The summed E-state index contributed by atoms with van der Waals surface area (Å²) in [6.07, 6.45) is 1.93. The number of rotatable bonds is 7. The Morgan fingerprint density at radius 2 is 1.76 bits per heavy atom. The first-order valence-corrected chi connectivity index (χ1v) is 9.84. The first-order valence-electron chi connectivity index (χ1n) is 7.98. The van der Waals surface area contributed by atoms with Crippen molar-refractivity contribution >= 4 is 33.2 Å². The smallest absolute Gasteiger partial charge is 0.261 e. The maximum Gasteiger partial charge on any atom is 0.261 e. The Kier molecular flexibility index (Phi) is 6.45. The van der Waals surface area contributed by atoms with E-state index in [1.807, 2.05) is 0 Å². The van der Waals surface area contributed by atoms with E-state index in [9.17, 15) is 13.2 Å². The quantitative estimate of drug-likeness (QED) is 0.789. The number of anilines is 1. The minimum Gasteiger partial charge on any atom is -0.342 e. The van der Waals surface area contributed by atoms with Crippen LogP contribution < -0.4 is 4.72 Å². The molecule has 0 spiro atoms. The number of carbonyl (C=O) groups excluding carboxylic acids is 1. The van der Waals surface area contributed by atoms with Gasteiger partial charge < -0.3 is 4.90 Å². The van der Waals surface area contributed by atoms with Crippen LogP contribution in [0, 0.1) is 0 Å². The van der Waals surface area contributed by atoms with Gasteiger partial charge in [-0.2, -0.15) is 0 Å². The fraction of sp³-hybridized carbons (Fsp3) is 0.278. The van der Waals surface area contributed by atoms with E-state index in [1.54, 1.807) is 36.2 Å². The molecule has 0 aromatic heterocycles. The van der Waals surface area contributed by atoms with Gasteiger partial charge in [0.1, 0.15) is 0 Å². The number of benzene rings is 2. The molecule has 0 heterocycles. The summed E-state index contributed by atoms with van der Waals surface area (Å²) in [5, 5.41) is 0.315. The molecule has 0 aliphatic heterocycles. The monoisotopic (exact) mass is 380 g/mol. The van der Waals surface area contributed by atoms with Crippen LogP contribution in [0.25, 0.3) is 0 Å². The fourth-order valence-electron chi connectivity index (χ4n) is 2.24. The average Bonchev–Trinajstić information content (AvgIpc) is 2.61. The Balaban J connectivity index is 2.16. The molecule has 2 rings (SSSR count). The van der Waals surface area contributed by atoms with Gasteiger partial charge in [-0.3, -0.25) is 9.52 Å². The number of nitrogens with zero attached hydrogens (tertiary/aromatic N) is 1. The first-order chi connectivity index (χ1) is 11.8. The van der Waals surface area contributed by atoms with Gasteiger partial charge in [-0.15, -0.1) is 0 Å². The molecule has 1 amide bonds. The van der Waals surface area contributed by atoms with Crippen molar-refractivity contribution in [3.05, 3.63) is 59.1 Å². The summed E-state index contributed by atoms with van der Waals surface area (Å²) in [7, 11) is -2.03. The van der Waals surface area contributed by atoms with Crippen molar-refractivity contribution in [3.8, 4) is 0 Å². The van der Waals surface area contributed by atoms with Crippen LogP contribution in [-0.2, 0) is 10.0 Å². The number of nitrogens with one attached hydrogen (secondary N) is 1. The molecule has 5 nitrogen and oxygen atoms in total. The van der Waals surface area contributed by atoms with E-state index < -0.39 is 10.0 Å². The normalized spacial score (nSPS) is 11.2. The molecule has 2 aromatic carbocycles. The van der Waals surface area contributed by atoms with E-state index in [1.165, 1.54) is 24.3 Å². The van der Waals surface area contributed by atoms with Crippen LogP contribution in [0.2, 0.25) is 5.02 Å². The van der Waals surface area contributed by atoms with Gasteiger partial charge in [0.25, 0.3) is 15.9 Å². The van der Waals surface area contributed by atoms with Crippen LogP contribution >= 0.6 is 11.6 Å². The summed E-state index contributed by atoms with van der Waals surface area (Å²) in [6.45, 7) is 2.73. The van der Waals surface area contributed by atoms with E-state index in [-0.39, 0.29) is 10.8 Å². The molecular formula is C18H21ClN2O3S. The zero-order valence-electron chi connectivity index (χ0n) is 14.2. The van der Waals surface area contributed by atoms with Gasteiger partial charge in [-0.05, 0) is 42.8 Å². The summed E-state index contributed by atoms with van der Waals surface area (Å²) >= 11 is 5.98. The van der Waals surface area contributed by atoms with E-state index >= 15 is 0 Å². The summed E-state index contributed by atoms with van der Waals surface area (Å²) in [4.78, 5) is 14.0. The zero-order chi connectivity index (χ0) is 18.4. The van der Waals surface area contributed by atoms with Gasteiger partial charge in [0.2, 0.25) is 0 Å². The second-order valence-corrected chi connectivity index (χ2v) is 7.78. The van der Waals surface area contributed by atoms with Crippen molar-refractivity contribution < 1.29 is 13.2 Å². The van der Waals surface area contributed by atoms with E-state index in [0.717, 1.165) is 12.8 Å². The number of amides is 1. The van der Waals surface area contributed by atoms with E-state index in [2.05, 4.69) is 11.6 Å². The minimum atomic E-state index is -3.77. The molecule has 2 aromatic rings. The topological polar surface area (TPSA) is 66.5 Å². The molecule has 0 aliphatic rings. The number of hydrogen-bond acceptors (Lipinski definition) is 3. The Hall–Kier alpha value is -2.05. The molecule has 0 saturated heterocycles. The van der Waals surface area contributed by atoms with Gasteiger partial charge in [-0.1, -0.05) is 37.1 Å². The van der Waals surface area contributed by atoms with Crippen LogP contribution in [0.4, 0.5) is 5.69 Å². The number of carbonyl (C=O) groups is 1. The van der Waals surface area contributed by atoms with Crippen molar-refractivity contribution in [2.75, 3.05) is 18.3 Å². The SMILES string of the molecule is CCCCN(C)C(=O)c1ccc(S(=O)(=O)Nc2ccccc2Cl)cc1. The third kappa shape index (κ3) is 4.96. The molecule has 0 bridgehead atoms. The number of hydrogen-bond donors (Lipinski definition) is 1. The molecule has 7 heteroatoms. The lowest BCUT2D eigenvalue weighted by molar-refractivity contribution is 0.0793. The maximum atomic E-state index is 12.4. The molecule has 0 aliphatic carbocycles. The van der Waals surface area contributed by atoms with Crippen molar-refractivity contribution in [2.45, 2.75) is 24.7 Å². The van der Waals surface area contributed by atoms with Gasteiger partial charge in [0.05, 0.1) is 15.6 Å². The lowest BCUT2D eigenvalue weighted by Gasteiger charge is -2.17. The number of unbranched alkanes of at least 4 members (excludes halogenated alkanes) is 1. The highest BCUT2D eigenvalue weighted by Gasteiger charge is 2.17. The Morgan fingerprint density at radius 1 is 1.12 bits per heavy atom.